The van der Waals surface area contributed by atoms with Crippen LogP contribution in [0.3, 0.4) is 0 Å². The lowest BCUT2D eigenvalue weighted by Gasteiger charge is -2.23. The Hall–Kier alpha value is -4.64. The Morgan fingerprint density at radius 2 is 1.93 bits per heavy atom. The summed E-state index contributed by atoms with van der Waals surface area (Å²) in [5, 5.41) is 21.8. The highest BCUT2D eigenvalue weighted by Gasteiger charge is 2.48. The van der Waals surface area contributed by atoms with Gasteiger partial charge in [0.15, 0.2) is 16.6 Å². The number of hydrogen-bond donors (Lipinski definition) is 2. The number of aryl methyl sites for hydroxylation is 2. The summed E-state index contributed by atoms with van der Waals surface area (Å²) in [5.74, 6) is -2.34. The Morgan fingerprint density at radius 3 is 2.58 bits per heavy atom. The number of rotatable bonds is 9. The minimum Gasteiger partial charge on any atom is -0.507 e. The molecule has 1 aliphatic heterocycles. The van der Waals surface area contributed by atoms with Gasteiger partial charge >= 0.3 is 11.9 Å². The Balaban J connectivity index is 1.93. The van der Waals surface area contributed by atoms with Crippen LogP contribution in [0.4, 0.5) is 5.13 Å². The molecular formula is C29H28N2O8S. The number of carbonyl (C=O) groups excluding carboxylic acids is 3. The van der Waals surface area contributed by atoms with Gasteiger partial charge < -0.3 is 24.4 Å². The first-order valence-corrected chi connectivity index (χ1v) is 13.1. The molecule has 2 heterocycles. The van der Waals surface area contributed by atoms with Crippen molar-refractivity contribution >= 4 is 39.9 Å². The predicted molar refractivity (Wildman–Crippen MR) is 149 cm³/mol. The number of aliphatic hydroxyl groups is 1. The van der Waals surface area contributed by atoms with Gasteiger partial charge in [0.2, 0.25) is 0 Å². The van der Waals surface area contributed by atoms with E-state index in [0.717, 1.165) is 16.2 Å². The van der Waals surface area contributed by atoms with Gasteiger partial charge in [0.05, 0.1) is 31.0 Å². The minimum atomic E-state index is -1.15. The molecule has 208 valence electrons. The molecule has 0 unspecified atom stereocenters. The first-order valence-electron chi connectivity index (χ1n) is 12.3. The summed E-state index contributed by atoms with van der Waals surface area (Å²) in [5.41, 5.74) is 1.50. The normalized spacial score (nSPS) is 16.2. The predicted octanol–water partition coefficient (Wildman–Crippen LogP) is 4.84. The Kier molecular flexibility index (Phi) is 8.24. The van der Waals surface area contributed by atoms with Crippen LogP contribution in [0.15, 0.2) is 54.6 Å². The number of phenolic OH excluding ortho intramolecular Hbond substituents is 1. The van der Waals surface area contributed by atoms with E-state index in [1.807, 2.05) is 0 Å². The lowest BCUT2D eigenvalue weighted by molar-refractivity contribution is -0.132. The average Bonchev–Trinajstić information content (AvgIpc) is 3.44. The van der Waals surface area contributed by atoms with Crippen LogP contribution in [-0.4, -0.2) is 53.2 Å². The SMILES string of the molecule is C=CCOC(=O)c1sc(N2C(=O)C(=O)/C(=C(/O)c3ccc(OC)c(C)c3)[C@H]2c2ccc(O)c(OCC)c2)nc1C. The van der Waals surface area contributed by atoms with Gasteiger partial charge in [0.1, 0.15) is 23.0 Å². The number of ketones is 1. The lowest BCUT2D eigenvalue weighted by atomic mass is 9.94. The number of ether oxygens (including phenoxy) is 3. The summed E-state index contributed by atoms with van der Waals surface area (Å²) in [6.07, 6.45) is 1.43. The van der Waals surface area contributed by atoms with E-state index in [1.54, 1.807) is 39.0 Å². The summed E-state index contributed by atoms with van der Waals surface area (Å²) in [6, 6.07) is 8.11. The Bertz CT molecular complexity index is 1540. The van der Waals surface area contributed by atoms with E-state index in [9.17, 15) is 24.6 Å². The maximum absolute atomic E-state index is 13.5. The quantitative estimate of drug-likeness (QED) is 0.123. The number of anilines is 1. The van der Waals surface area contributed by atoms with Crippen molar-refractivity contribution in [3.8, 4) is 17.2 Å². The van der Waals surface area contributed by atoms with Crippen molar-refractivity contribution in [1.29, 1.82) is 0 Å². The first-order chi connectivity index (χ1) is 19.1. The summed E-state index contributed by atoms with van der Waals surface area (Å²) in [7, 11) is 1.52. The maximum Gasteiger partial charge on any atom is 0.350 e. The standard InChI is InChI=1S/C29H28N2O8S/c1-6-12-39-28(36)26-16(4)30-29(40-26)31-23(17-8-10-19(32)21(14-17)38-7-2)22(25(34)27(31)35)24(33)18-9-11-20(37-5)15(3)13-18/h6,8-11,13-14,23,32-33H,1,7,12H2,2-5H3/b24-22+/t23-/m1/s1. The number of hydrogen-bond acceptors (Lipinski definition) is 10. The van der Waals surface area contributed by atoms with E-state index >= 15 is 0 Å². The average molecular weight is 565 g/mol. The Labute approximate surface area is 234 Å². The highest BCUT2D eigenvalue weighted by atomic mass is 32.1. The van der Waals surface area contributed by atoms with E-state index in [-0.39, 0.29) is 40.3 Å². The number of methoxy groups -OCH3 is 1. The van der Waals surface area contributed by atoms with E-state index in [1.165, 1.54) is 31.4 Å². The van der Waals surface area contributed by atoms with Gasteiger partial charge in [-0.1, -0.05) is 30.1 Å². The van der Waals surface area contributed by atoms with Crippen molar-refractivity contribution < 1.29 is 38.8 Å². The molecule has 40 heavy (non-hydrogen) atoms. The number of benzene rings is 2. The summed E-state index contributed by atoms with van der Waals surface area (Å²) >= 11 is 0.886. The highest BCUT2D eigenvalue weighted by Crippen LogP contribution is 2.45. The van der Waals surface area contributed by atoms with Crippen LogP contribution in [0.25, 0.3) is 5.76 Å². The van der Waals surface area contributed by atoms with Crippen LogP contribution in [0.1, 0.15) is 45.0 Å². The second-order valence-electron chi connectivity index (χ2n) is 8.81. The number of amides is 1. The molecule has 3 aromatic rings. The Morgan fingerprint density at radius 1 is 1.18 bits per heavy atom. The number of esters is 1. The molecule has 0 aliphatic carbocycles. The zero-order chi connectivity index (χ0) is 29.1. The zero-order valence-corrected chi connectivity index (χ0v) is 23.2. The molecule has 1 aromatic heterocycles. The first kappa shape index (κ1) is 28.4. The molecule has 0 saturated carbocycles. The molecule has 1 fully saturated rings. The molecule has 11 heteroatoms. The van der Waals surface area contributed by atoms with Crippen LogP contribution >= 0.6 is 11.3 Å². The third-order valence-corrected chi connectivity index (χ3v) is 7.36. The number of nitrogens with zero attached hydrogens (tertiary/aromatic N) is 2. The van der Waals surface area contributed by atoms with E-state index in [0.29, 0.717) is 28.1 Å². The topological polar surface area (TPSA) is 135 Å². The molecule has 0 bridgehead atoms. The van der Waals surface area contributed by atoms with Gasteiger partial charge in [-0.15, -0.1) is 0 Å². The summed E-state index contributed by atoms with van der Waals surface area (Å²) in [6.45, 7) is 8.89. The van der Waals surface area contributed by atoms with Crippen molar-refractivity contribution in [2.24, 2.45) is 0 Å². The van der Waals surface area contributed by atoms with Gasteiger partial charge in [0.25, 0.3) is 5.78 Å². The van der Waals surface area contributed by atoms with Crippen molar-refractivity contribution in [3.05, 3.63) is 81.9 Å². The number of Topliss-reactive ketones (excluding diaryl/α,β-unsaturated/α-hetero) is 1. The molecule has 1 aliphatic rings. The fraction of sp³-hybridized carbons (Fsp3) is 0.241. The van der Waals surface area contributed by atoms with E-state index < -0.39 is 29.5 Å². The fourth-order valence-corrected chi connectivity index (χ4v) is 5.36. The van der Waals surface area contributed by atoms with Gasteiger partial charge in [-0.05, 0) is 62.2 Å². The number of phenols is 1. The van der Waals surface area contributed by atoms with Gasteiger partial charge in [0, 0.05) is 5.56 Å². The number of thiazole rings is 1. The molecule has 0 radical (unpaired) electrons. The number of aliphatic hydroxyl groups excluding tert-OH is 1. The molecule has 2 aromatic carbocycles. The molecular weight excluding hydrogens is 536 g/mol. The van der Waals surface area contributed by atoms with E-state index in [4.69, 9.17) is 14.2 Å². The molecule has 4 rings (SSSR count). The fourth-order valence-electron chi connectivity index (χ4n) is 4.37. The van der Waals surface area contributed by atoms with Crippen LogP contribution in [0, 0.1) is 13.8 Å². The van der Waals surface area contributed by atoms with Crippen LogP contribution in [0.5, 0.6) is 17.2 Å². The monoisotopic (exact) mass is 564 g/mol. The van der Waals surface area contributed by atoms with Crippen LogP contribution in [0.2, 0.25) is 0 Å². The molecule has 10 nitrogen and oxygen atoms in total. The number of aromatic nitrogens is 1. The maximum atomic E-state index is 13.5. The molecule has 0 spiro atoms. The largest absolute Gasteiger partial charge is 0.507 e. The highest BCUT2D eigenvalue weighted by molar-refractivity contribution is 7.17. The van der Waals surface area contributed by atoms with Gasteiger partial charge in [-0.3, -0.25) is 14.5 Å². The van der Waals surface area contributed by atoms with E-state index in [2.05, 4.69) is 11.6 Å². The summed E-state index contributed by atoms with van der Waals surface area (Å²) in [4.78, 5) is 45.3. The third kappa shape index (κ3) is 5.15. The molecule has 1 atom stereocenters. The van der Waals surface area contributed by atoms with Crippen molar-refractivity contribution in [3.63, 3.8) is 0 Å². The zero-order valence-electron chi connectivity index (χ0n) is 22.4. The molecule has 1 amide bonds. The lowest BCUT2D eigenvalue weighted by Crippen LogP contribution is -2.29. The van der Waals surface area contributed by atoms with Crippen LogP contribution < -0.4 is 14.4 Å². The second-order valence-corrected chi connectivity index (χ2v) is 9.79. The van der Waals surface area contributed by atoms with Gasteiger partial charge in [-0.25, -0.2) is 9.78 Å². The number of aromatic hydroxyl groups is 1. The smallest absolute Gasteiger partial charge is 0.350 e. The number of carbonyl (C=O) groups is 3. The van der Waals surface area contributed by atoms with Gasteiger partial charge in [-0.2, -0.15) is 0 Å². The van der Waals surface area contributed by atoms with Crippen molar-refractivity contribution in [2.75, 3.05) is 25.2 Å². The third-order valence-electron chi connectivity index (χ3n) is 6.22. The van der Waals surface area contributed by atoms with Crippen LogP contribution in [-0.2, 0) is 14.3 Å². The second kappa shape index (κ2) is 11.6. The molecule has 2 N–H and O–H groups in total. The van der Waals surface area contributed by atoms with Crippen molar-refractivity contribution in [2.45, 2.75) is 26.8 Å². The molecule has 1 saturated heterocycles. The summed E-state index contributed by atoms with van der Waals surface area (Å²) < 4.78 is 16.0. The minimum absolute atomic E-state index is 0.00892. The van der Waals surface area contributed by atoms with Crippen molar-refractivity contribution in [1.82, 2.24) is 4.98 Å².